The van der Waals surface area contributed by atoms with Gasteiger partial charge in [-0.25, -0.2) is 13.1 Å². The van der Waals surface area contributed by atoms with Crippen LogP contribution in [0.1, 0.15) is 37.3 Å². The van der Waals surface area contributed by atoms with Gasteiger partial charge in [0.15, 0.2) is 0 Å². The fourth-order valence-electron chi connectivity index (χ4n) is 2.12. The molecule has 0 bridgehead atoms. The summed E-state index contributed by atoms with van der Waals surface area (Å²) in [4.78, 5) is 4.12. The van der Waals surface area contributed by atoms with Gasteiger partial charge >= 0.3 is 0 Å². The zero-order valence-corrected chi connectivity index (χ0v) is 12.2. The molecule has 2 aliphatic rings. The Morgan fingerprint density at radius 2 is 2.00 bits per heavy atom. The molecule has 0 radical (unpaired) electrons. The lowest BCUT2D eigenvalue weighted by molar-refractivity contribution is 0.527. The molecule has 0 saturated heterocycles. The summed E-state index contributed by atoms with van der Waals surface area (Å²) in [7, 11) is -3.15. The van der Waals surface area contributed by atoms with E-state index in [2.05, 4.69) is 25.6 Å². The van der Waals surface area contributed by atoms with Crippen LogP contribution in [-0.4, -0.2) is 18.7 Å². The number of rotatable bonds is 5. The monoisotopic (exact) mass is 330 g/mol. The van der Waals surface area contributed by atoms with Crippen LogP contribution in [0.2, 0.25) is 0 Å². The van der Waals surface area contributed by atoms with Gasteiger partial charge in [-0.2, -0.15) is 0 Å². The molecule has 0 aromatic carbocycles. The third kappa shape index (κ3) is 2.75. The van der Waals surface area contributed by atoms with Crippen molar-refractivity contribution >= 4 is 26.0 Å². The Hall–Kier alpha value is -0.460. The van der Waals surface area contributed by atoms with Crippen LogP contribution < -0.4 is 4.72 Å². The van der Waals surface area contributed by atoms with Crippen molar-refractivity contribution in [3.05, 3.63) is 28.5 Å². The average molecular weight is 331 g/mol. The first-order valence-electron chi connectivity index (χ1n) is 6.18. The lowest BCUT2D eigenvalue weighted by Gasteiger charge is -2.18. The summed E-state index contributed by atoms with van der Waals surface area (Å²) in [5, 5.41) is -0.168. The minimum absolute atomic E-state index is 0.111. The van der Waals surface area contributed by atoms with Crippen molar-refractivity contribution in [1.82, 2.24) is 9.71 Å². The van der Waals surface area contributed by atoms with E-state index < -0.39 is 10.0 Å². The molecule has 18 heavy (non-hydrogen) atoms. The number of hydrogen-bond donors (Lipinski definition) is 1. The number of hydrogen-bond acceptors (Lipinski definition) is 3. The zero-order valence-electron chi connectivity index (χ0n) is 9.84. The lowest BCUT2D eigenvalue weighted by atomic mass is 10.1. The number of nitrogens with one attached hydrogen (secondary N) is 1. The van der Waals surface area contributed by atoms with E-state index in [1.165, 1.54) is 0 Å². The Labute approximate surface area is 115 Å². The molecule has 0 spiro atoms. The lowest BCUT2D eigenvalue weighted by Crippen LogP contribution is -2.32. The van der Waals surface area contributed by atoms with Crippen molar-refractivity contribution in [1.29, 1.82) is 0 Å². The maximum atomic E-state index is 12.1. The fraction of sp³-hybridized carbons (Fsp3) is 0.583. The maximum Gasteiger partial charge on any atom is 0.215 e. The summed E-state index contributed by atoms with van der Waals surface area (Å²) >= 11 is 3.38. The molecule has 1 aromatic heterocycles. The van der Waals surface area contributed by atoms with Crippen LogP contribution in [0.25, 0.3) is 0 Å². The van der Waals surface area contributed by atoms with Crippen molar-refractivity contribution in [2.45, 2.75) is 37.0 Å². The molecule has 4 nitrogen and oxygen atoms in total. The van der Waals surface area contributed by atoms with Crippen molar-refractivity contribution in [2.24, 2.45) is 5.92 Å². The van der Waals surface area contributed by atoms with E-state index in [1.54, 1.807) is 12.4 Å². The van der Waals surface area contributed by atoms with Gasteiger partial charge in [-0.15, -0.1) is 0 Å². The van der Waals surface area contributed by atoms with E-state index in [4.69, 9.17) is 0 Å². The van der Waals surface area contributed by atoms with Crippen LogP contribution in [-0.2, 0) is 10.0 Å². The van der Waals surface area contributed by atoms with E-state index in [0.717, 1.165) is 35.7 Å². The summed E-state index contributed by atoms with van der Waals surface area (Å²) in [6, 6.07) is 1.84. The van der Waals surface area contributed by atoms with Crippen molar-refractivity contribution in [3.63, 3.8) is 0 Å². The van der Waals surface area contributed by atoms with E-state index in [9.17, 15) is 8.42 Å². The molecule has 98 valence electrons. The van der Waals surface area contributed by atoms with Gasteiger partial charge in [0.05, 0.1) is 11.3 Å². The molecular formula is C12H15BrN2O2S. The van der Waals surface area contributed by atoms with Crippen LogP contribution in [0.5, 0.6) is 0 Å². The first kappa shape index (κ1) is 12.6. The minimum Gasteiger partial charge on any atom is -0.263 e. The predicted octanol–water partition coefficient (Wildman–Crippen LogP) is 2.38. The molecular weight excluding hydrogens is 316 g/mol. The molecule has 0 unspecified atom stereocenters. The van der Waals surface area contributed by atoms with Gasteiger partial charge < -0.3 is 0 Å². The molecule has 1 heterocycles. The summed E-state index contributed by atoms with van der Waals surface area (Å²) in [6.07, 6.45) is 7.23. The van der Waals surface area contributed by atoms with Gasteiger partial charge in [-0.1, -0.05) is 0 Å². The second-order valence-electron chi connectivity index (χ2n) is 5.11. The molecule has 2 fully saturated rings. The third-order valence-electron chi connectivity index (χ3n) is 3.43. The number of aromatic nitrogens is 1. The molecule has 1 atom stereocenters. The Morgan fingerprint density at radius 3 is 2.56 bits per heavy atom. The van der Waals surface area contributed by atoms with Gasteiger partial charge in [-0.3, -0.25) is 4.98 Å². The minimum atomic E-state index is -3.15. The first-order valence-corrected chi connectivity index (χ1v) is 8.52. The van der Waals surface area contributed by atoms with Gasteiger partial charge in [0.2, 0.25) is 10.0 Å². The Balaban J connectivity index is 1.84. The quantitative estimate of drug-likeness (QED) is 0.901. The number of halogens is 1. The highest BCUT2D eigenvalue weighted by Gasteiger charge is 2.41. The second-order valence-corrected chi connectivity index (χ2v) is 8.02. The molecule has 1 aromatic rings. The first-order chi connectivity index (χ1) is 8.56. The van der Waals surface area contributed by atoms with Gasteiger partial charge in [-0.05, 0) is 59.2 Å². The Bertz CT molecular complexity index is 553. The molecule has 1 N–H and O–H groups in total. The maximum absolute atomic E-state index is 12.1. The van der Waals surface area contributed by atoms with E-state index in [0.29, 0.717) is 5.92 Å². The molecule has 0 amide bonds. The average Bonchev–Trinajstić information content (AvgIpc) is 3.18. The van der Waals surface area contributed by atoms with E-state index in [-0.39, 0.29) is 11.3 Å². The van der Waals surface area contributed by atoms with Crippen LogP contribution in [0.15, 0.2) is 22.9 Å². The van der Waals surface area contributed by atoms with E-state index in [1.807, 2.05) is 6.07 Å². The standard InChI is InChI=1S/C12H15BrN2O2S/c13-10-5-9(6-14-7-10)12(8-1-2-8)15-18(16,17)11-3-4-11/h5-8,11-12,15H,1-4H2/t12-/m0/s1. The predicted molar refractivity (Wildman–Crippen MR) is 72.5 cm³/mol. The summed E-state index contributed by atoms with van der Waals surface area (Å²) in [5.41, 5.74) is 0.955. The van der Waals surface area contributed by atoms with Gasteiger partial charge in [0, 0.05) is 16.9 Å². The van der Waals surface area contributed by atoms with Crippen LogP contribution >= 0.6 is 15.9 Å². The molecule has 3 rings (SSSR count). The third-order valence-corrected chi connectivity index (χ3v) is 5.80. The highest BCUT2D eigenvalue weighted by molar-refractivity contribution is 9.10. The van der Waals surface area contributed by atoms with Crippen molar-refractivity contribution < 1.29 is 8.42 Å². The Morgan fingerprint density at radius 1 is 1.28 bits per heavy atom. The molecule has 2 aliphatic carbocycles. The summed E-state index contributed by atoms with van der Waals surface area (Å²) in [6.45, 7) is 0. The van der Waals surface area contributed by atoms with Crippen molar-refractivity contribution in [3.8, 4) is 0 Å². The normalized spacial score (nSPS) is 21.8. The van der Waals surface area contributed by atoms with Crippen LogP contribution in [0, 0.1) is 5.92 Å². The van der Waals surface area contributed by atoms with Crippen molar-refractivity contribution in [2.75, 3.05) is 0 Å². The largest absolute Gasteiger partial charge is 0.263 e. The SMILES string of the molecule is O=S(=O)(N[C@H](c1cncc(Br)c1)C1CC1)C1CC1. The summed E-state index contributed by atoms with van der Waals surface area (Å²) in [5.74, 6) is 0.426. The second kappa shape index (κ2) is 4.58. The number of sulfonamides is 1. The molecule has 6 heteroatoms. The molecule has 0 aliphatic heterocycles. The van der Waals surface area contributed by atoms with Crippen LogP contribution in [0.3, 0.4) is 0 Å². The number of pyridine rings is 1. The topological polar surface area (TPSA) is 59.1 Å². The highest BCUT2D eigenvalue weighted by Crippen LogP contribution is 2.42. The van der Waals surface area contributed by atoms with Gasteiger partial charge in [0.1, 0.15) is 0 Å². The highest BCUT2D eigenvalue weighted by atomic mass is 79.9. The molecule has 2 saturated carbocycles. The zero-order chi connectivity index (χ0) is 12.8. The Kier molecular flexibility index (Phi) is 3.20. The fourth-order valence-corrected chi connectivity index (χ4v) is 4.13. The summed E-state index contributed by atoms with van der Waals surface area (Å²) < 4.78 is 27.9. The van der Waals surface area contributed by atoms with Gasteiger partial charge in [0.25, 0.3) is 0 Å². The number of nitrogens with zero attached hydrogens (tertiary/aromatic N) is 1. The van der Waals surface area contributed by atoms with Crippen LogP contribution in [0.4, 0.5) is 0 Å². The van der Waals surface area contributed by atoms with E-state index >= 15 is 0 Å². The smallest absolute Gasteiger partial charge is 0.215 e.